The van der Waals surface area contributed by atoms with Crippen molar-refractivity contribution in [1.29, 1.82) is 0 Å². The van der Waals surface area contributed by atoms with Crippen LogP contribution in [0, 0.1) is 0 Å². The summed E-state index contributed by atoms with van der Waals surface area (Å²) in [6.45, 7) is 0. The number of nitrogens with zero attached hydrogens (tertiary/aromatic N) is 1. The van der Waals surface area contributed by atoms with E-state index in [1.54, 1.807) is 6.07 Å². The van der Waals surface area contributed by atoms with Crippen molar-refractivity contribution < 1.29 is 12.8 Å². The summed E-state index contributed by atoms with van der Waals surface area (Å²) in [5.41, 5.74) is 1.04. The van der Waals surface area contributed by atoms with Crippen molar-refractivity contribution in [2.24, 2.45) is 5.14 Å². The summed E-state index contributed by atoms with van der Waals surface area (Å²) in [7, 11) is -3.68. The molecule has 0 saturated heterocycles. The molecule has 0 radical (unpaired) electrons. The van der Waals surface area contributed by atoms with Crippen molar-refractivity contribution in [2.45, 2.75) is 10.1 Å². The highest BCUT2D eigenvalue weighted by atomic mass is 32.2. The molecule has 2 rings (SSSR count). The molecule has 5 nitrogen and oxygen atoms in total. The van der Waals surface area contributed by atoms with E-state index < -0.39 is 10.0 Å². The fraction of sp³-hybridized carbons (Fsp3) is 0.125. The van der Waals surface area contributed by atoms with Crippen molar-refractivity contribution in [3.05, 3.63) is 18.2 Å². The molecule has 0 saturated carbocycles. The Bertz CT molecular complexity index is 603. The van der Waals surface area contributed by atoms with E-state index in [2.05, 4.69) is 4.98 Å². The maximum Gasteiger partial charge on any atom is 0.256 e. The van der Waals surface area contributed by atoms with Gasteiger partial charge < -0.3 is 4.42 Å². The lowest BCUT2D eigenvalue weighted by molar-refractivity contribution is 0.490. The third-order valence-electron chi connectivity index (χ3n) is 1.84. The molecule has 2 N–H and O–H groups in total. The van der Waals surface area contributed by atoms with Crippen molar-refractivity contribution >= 4 is 32.9 Å². The van der Waals surface area contributed by atoms with Gasteiger partial charge in [0.15, 0.2) is 5.58 Å². The molecule has 0 unspecified atom stereocenters. The highest BCUT2D eigenvalue weighted by Crippen LogP contribution is 2.23. The van der Waals surface area contributed by atoms with Crippen LogP contribution in [0.2, 0.25) is 0 Å². The summed E-state index contributed by atoms with van der Waals surface area (Å²) in [5.74, 6) is 0. The second-order valence-electron chi connectivity index (χ2n) is 2.86. The van der Waals surface area contributed by atoms with Gasteiger partial charge in [-0.25, -0.2) is 18.5 Å². The molecule has 0 aliphatic carbocycles. The number of thioether (sulfide) groups is 1. The number of hydrogen-bond acceptors (Lipinski definition) is 5. The number of nitrogens with two attached hydrogens (primary N) is 1. The number of oxazole rings is 1. The van der Waals surface area contributed by atoms with E-state index in [0.29, 0.717) is 16.3 Å². The van der Waals surface area contributed by atoms with Crippen molar-refractivity contribution in [3.8, 4) is 0 Å². The Morgan fingerprint density at radius 2 is 2.20 bits per heavy atom. The van der Waals surface area contributed by atoms with E-state index >= 15 is 0 Å². The molecule has 0 aliphatic heterocycles. The van der Waals surface area contributed by atoms with Crippen LogP contribution in [0.1, 0.15) is 0 Å². The first kappa shape index (κ1) is 10.5. The zero-order valence-electron chi connectivity index (χ0n) is 7.80. The third kappa shape index (κ3) is 1.99. The molecule has 2 aromatic rings. The molecule has 0 spiro atoms. The highest BCUT2D eigenvalue weighted by Gasteiger charge is 2.11. The topological polar surface area (TPSA) is 86.2 Å². The zero-order chi connectivity index (χ0) is 11.1. The first-order valence-corrected chi connectivity index (χ1v) is 6.75. The lowest BCUT2D eigenvalue weighted by Crippen LogP contribution is -2.11. The lowest BCUT2D eigenvalue weighted by Gasteiger charge is -1.95. The monoisotopic (exact) mass is 244 g/mol. The molecular weight excluding hydrogens is 236 g/mol. The molecule has 80 valence electrons. The molecule has 1 heterocycles. The summed E-state index contributed by atoms with van der Waals surface area (Å²) >= 11 is 1.35. The van der Waals surface area contributed by atoms with Gasteiger partial charge in [0.2, 0.25) is 10.0 Å². The molecule has 0 fully saturated rings. The van der Waals surface area contributed by atoms with Gasteiger partial charge in [0.1, 0.15) is 5.52 Å². The first-order valence-electron chi connectivity index (χ1n) is 3.98. The second kappa shape index (κ2) is 3.51. The number of hydrogen-bond donors (Lipinski definition) is 1. The average Bonchev–Trinajstić information content (AvgIpc) is 2.57. The van der Waals surface area contributed by atoms with Gasteiger partial charge in [-0.3, -0.25) is 0 Å². The van der Waals surface area contributed by atoms with Crippen LogP contribution in [0.4, 0.5) is 0 Å². The van der Waals surface area contributed by atoms with E-state index in [1.165, 1.54) is 23.9 Å². The quantitative estimate of drug-likeness (QED) is 0.802. The summed E-state index contributed by atoms with van der Waals surface area (Å²) in [6.07, 6.45) is 1.82. The van der Waals surface area contributed by atoms with E-state index in [4.69, 9.17) is 9.56 Å². The van der Waals surface area contributed by atoms with Crippen LogP contribution in [0.15, 0.2) is 32.7 Å². The van der Waals surface area contributed by atoms with Gasteiger partial charge in [0.05, 0.1) is 4.90 Å². The van der Waals surface area contributed by atoms with Gasteiger partial charge in [-0.05, 0) is 24.5 Å². The maximum absolute atomic E-state index is 11.1. The van der Waals surface area contributed by atoms with Crippen LogP contribution in [0.5, 0.6) is 0 Å². The zero-order valence-corrected chi connectivity index (χ0v) is 9.43. The summed E-state index contributed by atoms with van der Waals surface area (Å²) in [6, 6.07) is 4.34. The third-order valence-corrected chi connectivity index (χ3v) is 3.28. The van der Waals surface area contributed by atoms with Crippen LogP contribution in [0.3, 0.4) is 0 Å². The summed E-state index contributed by atoms with van der Waals surface area (Å²) < 4.78 is 27.4. The molecule has 0 aliphatic rings. The highest BCUT2D eigenvalue weighted by molar-refractivity contribution is 7.98. The Balaban J connectivity index is 2.66. The minimum atomic E-state index is -3.68. The van der Waals surface area contributed by atoms with Gasteiger partial charge >= 0.3 is 0 Å². The van der Waals surface area contributed by atoms with Crippen LogP contribution < -0.4 is 5.14 Å². The minimum absolute atomic E-state index is 0.0379. The first-order chi connectivity index (χ1) is 7.00. The van der Waals surface area contributed by atoms with Crippen LogP contribution >= 0.6 is 11.8 Å². The molecule has 1 aromatic heterocycles. The largest absolute Gasteiger partial charge is 0.431 e. The molecular formula is C8H8N2O3S2. The molecule has 0 amide bonds. The molecule has 1 aromatic carbocycles. The summed E-state index contributed by atoms with van der Waals surface area (Å²) in [4.78, 5) is 4.12. The fourth-order valence-corrected chi connectivity index (χ4v) is 2.05. The van der Waals surface area contributed by atoms with Gasteiger partial charge in [-0.15, -0.1) is 0 Å². The Morgan fingerprint density at radius 3 is 2.80 bits per heavy atom. The van der Waals surface area contributed by atoms with Crippen molar-refractivity contribution in [3.63, 3.8) is 0 Å². The Labute approximate surface area is 90.7 Å². The van der Waals surface area contributed by atoms with Crippen LogP contribution in [-0.4, -0.2) is 19.7 Å². The average molecular weight is 244 g/mol. The standard InChI is InChI=1S/C8H8N2O3S2/c1-14-8-10-6-4-5(15(9,11)12)2-3-7(6)13-8/h2-4H,1H3,(H2,9,11,12). The van der Waals surface area contributed by atoms with E-state index in [0.717, 1.165) is 0 Å². The van der Waals surface area contributed by atoms with Gasteiger partial charge in [0, 0.05) is 0 Å². The van der Waals surface area contributed by atoms with E-state index in [-0.39, 0.29) is 4.90 Å². The number of sulfonamides is 1. The van der Waals surface area contributed by atoms with Gasteiger partial charge in [0.25, 0.3) is 5.22 Å². The van der Waals surface area contributed by atoms with Crippen molar-refractivity contribution in [2.75, 3.05) is 6.26 Å². The molecule has 7 heteroatoms. The van der Waals surface area contributed by atoms with Gasteiger partial charge in [-0.1, -0.05) is 11.8 Å². The number of primary sulfonamides is 1. The molecule has 0 bridgehead atoms. The van der Waals surface area contributed by atoms with E-state index in [1.807, 2.05) is 6.26 Å². The number of benzene rings is 1. The Morgan fingerprint density at radius 1 is 1.47 bits per heavy atom. The van der Waals surface area contributed by atoms with Crippen LogP contribution in [-0.2, 0) is 10.0 Å². The SMILES string of the molecule is CSc1nc2cc(S(N)(=O)=O)ccc2o1. The van der Waals surface area contributed by atoms with E-state index in [9.17, 15) is 8.42 Å². The predicted molar refractivity (Wildman–Crippen MR) is 57.2 cm³/mol. The predicted octanol–water partition coefficient (Wildman–Crippen LogP) is 1.20. The minimum Gasteiger partial charge on any atom is -0.431 e. The molecule has 0 atom stereocenters. The van der Waals surface area contributed by atoms with Crippen LogP contribution in [0.25, 0.3) is 11.1 Å². The molecule has 15 heavy (non-hydrogen) atoms. The number of rotatable bonds is 2. The maximum atomic E-state index is 11.1. The summed E-state index contributed by atoms with van der Waals surface area (Å²) in [5, 5.41) is 5.49. The van der Waals surface area contributed by atoms with Crippen molar-refractivity contribution in [1.82, 2.24) is 4.98 Å². The van der Waals surface area contributed by atoms with Gasteiger partial charge in [-0.2, -0.15) is 0 Å². The number of aromatic nitrogens is 1. The smallest absolute Gasteiger partial charge is 0.256 e. The Hall–Kier alpha value is -1.05. The number of fused-ring (bicyclic) bond motifs is 1. The normalized spacial score (nSPS) is 12.1. The second-order valence-corrected chi connectivity index (χ2v) is 5.18. The lowest BCUT2D eigenvalue weighted by atomic mass is 10.3. The fourth-order valence-electron chi connectivity index (χ4n) is 1.15. The Kier molecular flexibility index (Phi) is 2.45.